The van der Waals surface area contributed by atoms with Crippen LogP contribution in [0.25, 0.3) is 90.1 Å². The molecule has 0 aliphatic heterocycles. The van der Waals surface area contributed by atoms with Gasteiger partial charge in [-0.15, -0.1) is 22.7 Å². The van der Waals surface area contributed by atoms with Gasteiger partial charge in [0.2, 0.25) is 0 Å². The Morgan fingerprint density at radius 1 is 0.378 bits per heavy atom. The fourth-order valence-electron chi connectivity index (χ4n) is 7.16. The molecule has 10 aromatic rings. The average Bonchev–Trinajstić information content (AvgIpc) is 3.78. The second-order valence-electron chi connectivity index (χ2n) is 11.7. The number of rotatable bonds is 3. The van der Waals surface area contributed by atoms with Gasteiger partial charge in [0.1, 0.15) is 0 Å². The highest BCUT2D eigenvalue weighted by Gasteiger charge is 2.16. The summed E-state index contributed by atoms with van der Waals surface area (Å²) in [7, 11) is 0. The molecule has 3 heterocycles. The first-order valence-corrected chi connectivity index (χ1v) is 16.9. The monoisotopic (exact) mass is 607 g/mol. The topological polar surface area (TPSA) is 4.93 Å². The van der Waals surface area contributed by atoms with E-state index in [-0.39, 0.29) is 0 Å². The Bertz CT molecular complexity index is 2700. The lowest BCUT2D eigenvalue weighted by molar-refractivity contribution is 1.18. The van der Waals surface area contributed by atoms with Crippen LogP contribution >= 0.6 is 22.7 Å². The lowest BCUT2D eigenvalue weighted by Crippen LogP contribution is -1.93. The second kappa shape index (κ2) is 9.64. The van der Waals surface area contributed by atoms with E-state index in [9.17, 15) is 0 Å². The number of thiophene rings is 2. The van der Waals surface area contributed by atoms with E-state index in [1.165, 1.54) is 90.1 Å². The molecule has 0 amide bonds. The molecular weight excluding hydrogens is 583 g/mol. The number of hydrogen-bond donors (Lipinski definition) is 0. The molecule has 0 atom stereocenters. The Morgan fingerprint density at radius 3 is 1.82 bits per heavy atom. The van der Waals surface area contributed by atoms with Crippen molar-refractivity contribution in [3.63, 3.8) is 0 Å². The summed E-state index contributed by atoms with van der Waals surface area (Å²) < 4.78 is 7.84. The maximum Gasteiger partial charge on any atom is 0.0541 e. The molecule has 3 aromatic heterocycles. The highest BCUT2D eigenvalue weighted by Crippen LogP contribution is 2.47. The van der Waals surface area contributed by atoms with E-state index in [0.717, 1.165) is 0 Å². The summed E-state index contributed by atoms with van der Waals surface area (Å²) in [4.78, 5) is 0. The van der Waals surface area contributed by atoms with Crippen LogP contribution in [0.2, 0.25) is 0 Å². The second-order valence-corrected chi connectivity index (χ2v) is 13.8. The minimum Gasteiger partial charge on any atom is -0.309 e. The number of nitrogens with zero attached hydrogens (tertiary/aromatic N) is 1. The van der Waals surface area contributed by atoms with Gasteiger partial charge in [0.05, 0.1) is 11.0 Å². The van der Waals surface area contributed by atoms with E-state index in [2.05, 4.69) is 156 Å². The summed E-state index contributed by atoms with van der Waals surface area (Å²) in [5.41, 5.74) is 8.64. The predicted octanol–water partition coefficient (Wildman–Crippen LogP) is 12.9. The summed E-state index contributed by atoms with van der Waals surface area (Å²) >= 11 is 3.83. The normalized spacial score (nSPS) is 12.0. The van der Waals surface area contributed by atoms with Crippen molar-refractivity contribution in [3.05, 3.63) is 152 Å². The maximum atomic E-state index is 2.38. The molecule has 0 aliphatic rings. The van der Waals surface area contributed by atoms with Gasteiger partial charge in [-0.2, -0.15) is 0 Å². The Kier molecular flexibility index (Phi) is 5.39. The number of aromatic nitrogens is 1. The smallest absolute Gasteiger partial charge is 0.0541 e. The molecule has 0 spiro atoms. The lowest BCUT2D eigenvalue weighted by Gasteiger charge is -2.10. The fourth-order valence-corrected chi connectivity index (χ4v) is 9.74. The van der Waals surface area contributed by atoms with Gasteiger partial charge in [-0.1, -0.05) is 109 Å². The zero-order valence-electron chi connectivity index (χ0n) is 24.2. The predicted molar refractivity (Wildman–Crippen MR) is 197 cm³/mol. The zero-order chi connectivity index (χ0) is 29.5. The van der Waals surface area contributed by atoms with E-state index in [1.807, 2.05) is 22.7 Å². The van der Waals surface area contributed by atoms with Crippen LogP contribution in [0.5, 0.6) is 0 Å². The molecule has 0 radical (unpaired) electrons. The standard InChI is InChI=1S/C42H25NS2/c1-4-16-36-31(11-1)32-12-2-5-17-37(32)43(36)29-21-19-26(20-22-29)27-9-7-10-28(25-27)30-14-8-15-33-34-23-24-39-40(42(34)45-41(30)33)35-13-3-6-18-38(35)44-39/h1-25H. The minimum absolute atomic E-state index is 1.18. The van der Waals surface area contributed by atoms with E-state index >= 15 is 0 Å². The number of para-hydroxylation sites is 2. The molecule has 10 rings (SSSR count). The lowest BCUT2D eigenvalue weighted by atomic mass is 9.97. The Labute approximate surface area is 267 Å². The Balaban J connectivity index is 1.09. The third-order valence-corrected chi connectivity index (χ3v) is 11.6. The molecule has 0 N–H and O–H groups in total. The van der Waals surface area contributed by atoms with Crippen molar-refractivity contribution in [3.8, 4) is 27.9 Å². The van der Waals surface area contributed by atoms with Crippen molar-refractivity contribution in [2.45, 2.75) is 0 Å². The summed E-state index contributed by atoms with van der Waals surface area (Å²) in [6.45, 7) is 0. The van der Waals surface area contributed by atoms with E-state index in [0.29, 0.717) is 0 Å². The average molecular weight is 608 g/mol. The quantitative estimate of drug-likeness (QED) is 0.188. The molecule has 45 heavy (non-hydrogen) atoms. The van der Waals surface area contributed by atoms with E-state index < -0.39 is 0 Å². The van der Waals surface area contributed by atoms with Crippen LogP contribution < -0.4 is 0 Å². The summed E-state index contributed by atoms with van der Waals surface area (Å²) in [5, 5.41) is 8.02. The van der Waals surface area contributed by atoms with Crippen LogP contribution in [0, 0.1) is 0 Å². The third kappa shape index (κ3) is 3.72. The molecule has 0 unspecified atom stereocenters. The van der Waals surface area contributed by atoms with Crippen LogP contribution in [0.4, 0.5) is 0 Å². The maximum absolute atomic E-state index is 2.38. The molecule has 210 valence electrons. The van der Waals surface area contributed by atoms with E-state index in [1.54, 1.807) is 0 Å². The van der Waals surface area contributed by atoms with Crippen molar-refractivity contribution in [2.75, 3.05) is 0 Å². The van der Waals surface area contributed by atoms with Crippen LogP contribution in [0.3, 0.4) is 0 Å². The summed E-state index contributed by atoms with van der Waals surface area (Å²) in [6.07, 6.45) is 0. The van der Waals surface area contributed by atoms with Crippen molar-refractivity contribution in [1.82, 2.24) is 4.57 Å². The molecule has 3 heteroatoms. The largest absolute Gasteiger partial charge is 0.309 e. The minimum atomic E-state index is 1.18. The van der Waals surface area contributed by atoms with Crippen molar-refractivity contribution >= 4 is 84.8 Å². The van der Waals surface area contributed by atoms with Crippen molar-refractivity contribution in [1.29, 1.82) is 0 Å². The highest BCUT2D eigenvalue weighted by atomic mass is 32.1. The SMILES string of the molecule is c1cc(-c2ccc(-n3c4ccccc4c4ccccc43)cc2)cc(-c2cccc3c2sc2c3ccc3sc4ccccc4c32)c1. The van der Waals surface area contributed by atoms with Gasteiger partial charge < -0.3 is 4.57 Å². The zero-order valence-corrected chi connectivity index (χ0v) is 25.8. The molecular formula is C42H25NS2. The van der Waals surface area contributed by atoms with Crippen LogP contribution in [-0.4, -0.2) is 4.57 Å². The first kappa shape index (κ1) is 25.1. The fraction of sp³-hybridized carbons (Fsp3) is 0. The van der Waals surface area contributed by atoms with Gasteiger partial charge in [-0.3, -0.25) is 0 Å². The third-order valence-electron chi connectivity index (χ3n) is 9.22. The van der Waals surface area contributed by atoms with Gasteiger partial charge in [0, 0.05) is 56.8 Å². The molecule has 0 saturated carbocycles. The summed E-state index contributed by atoms with van der Waals surface area (Å²) in [5.74, 6) is 0. The molecule has 0 aliphatic carbocycles. The first-order valence-electron chi connectivity index (χ1n) is 15.3. The Hall–Kier alpha value is -5.22. The van der Waals surface area contributed by atoms with Gasteiger partial charge in [-0.25, -0.2) is 0 Å². The molecule has 0 saturated heterocycles. The summed E-state index contributed by atoms with van der Waals surface area (Å²) in [6, 6.07) is 55.7. The molecule has 0 bridgehead atoms. The number of fused-ring (bicyclic) bond motifs is 10. The van der Waals surface area contributed by atoms with Crippen molar-refractivity contribution in [2.24, 2.45) is 0 Å². The molecule has 7 aromatic carbocycles. The van der Waals surface area contributed by atoms with Crippen molar-refractivity contribution < 1.29 is 0 Å². The van der Waals surface area contributed by atoms with Crippen LogP contribution in [-0.2, 0) is 0 Å². The van der Waals surface area contributed by atoms with E-state index in [4.69, 9.17) is 0 Å². The molecule has 1 nitrogen and oxygen atoms in total. The number of hydrogen-bond acceptors (Lipinski definition) is 2. The van der Waals surface area contributed by atoms with Crippen LogP contribution in [0.15, 0.2) is 152 Å². The number of benzene rings is 7. The highest BCUT2D eigenvalue weighted by molar-refractivity contribution is 7.30. The van der Waals surface area contributed by atoms with Crippen LogP contribution in [0.1, 0.15) is 0 Å². The molecule has 0 fully saturated rings. The first-order chi connectivity index (χ1) is 22.3. The van der Waals surface area contributed by atoms with Gasteiger partial charge in [0.25, 0.3) is 0 Å². The van der Waals surface area contributed by atoms with Gasteiger partial charge in [-0.05, 0) is 64.7 Å². The van der Waals surface area contributed by atoms with Gasteiger partial charge in [0.15, 0.2) is 0 Å². The Morgan fingerprint density at radius 2 is 1.02 bits per heavy atom. The van der Waals surface area contributed by atoms with Gasteiger partial charge >= 0.3 is 0 Å².